The van der Waals surface area contributed by atoms with Gasteiger partial charge < -0.3 is 10.1 Å². The zero-order valence-corrected chi connectivity index (χ0v) is 15.8. The second-order valence-electron chi connectivity index (χ2n) is 7.42. The van der Waals surface area contributed by atoms with Gasteiger partial charge in [-0.15, -0.1) is 0 Å². The van der Waals surface area contributed by atoms with Crippen LogP contribution in [-0.4, -0.2) is 39.8 Å². The zero-order chi connectivity index (χ0) is 20.5. The lowest BCUT2D eigenvalue weighted by molar-refractivity contribution is -0.385. The molecule has 9 heteroatoms. The van der Waals surface area contributed by atoms with Gasteiger partial charge in [0.15, 0.2) is 0 Å². The summed E-state index contributed by atoms with van der Waals surface area (Å²) < 4.78 is 5.30. The normalized spacial score (nSPS) is 25.5. The number of nitrogens with one attached hydrogen (secondary N) is 1. The standard InChI is InChI=1S/C19H23N3O6/c1-12-6-3-4-9-19(12)17(24)21(18(25)20-19)11-16(23)28-13(2)14-7-5-8-15(10-14)22(26)27/h5,7-8,10,12-13H,3-4,6,9,11H2,1-2H3,(H,20,25)/t12-,13+,19-/m1/s1. The van der Waals surface area contributed by atoms with Crippen molar-refractivity contribution >= 4 is 23.6 Å². The number of non-ortho nitro benzene ring substituents is 1. The first-order valence-corrected chi connectivity index (χ1v) is 9.32. The summed E-state index contributed by atoms with van der Waals surface area (Å²) in [6.45, 7) is 3.02. The number of nitro benzene ring substituents is 1. The molecule has 150 valence electrons. The maximum atomic E-state index is 12.9. The molecular formula is C19H23N3O6. The van der Waals surface area contributed by atoms with E-state index in [1.807, 2.05) is 6.92 Å². The number of nitrogens with zero attached hydrogens (tertiary/aromatic N) is 2. The van der Waals surface area contributed by atoms with Gasteiger partial charge in [-0.3, -0.25) is 24.6 Å². The summed E-state index contributed by atoms with van der Waals surface area (Å²) in [5.41, 5.74) is -0.582. The van der Waals surface area contributed by atoms with Crippen LogP contribution in [0, 0.1) is 16.0 Å². The van der Waals surface area contributed by atoms with Gasteiger partial charge in [0.1, 0.15) is 18.2 Å². The number of imide groups is 1. The van der Waals surface area contributed by atoms with E-state index in [4.69, 9.17) is 4.74 Å². The molecule has 0 unspecified atom stereocenters. The Bertz CT molecular complexity index is 826. The van der Waals surface area contributed by atoms with Gasteiger partial charge in [-0.2, -0.15) is 0 Å². The average molecular weight is 389 g/mol. The number of carbonyl (C=O) groups is 3. The third kappa shape index (κ3) is 3.56. The SMILES string of the molecule is C[C@H](OC(=O)CN1C(=O)N[C@@]2(CCCC[C@H]2C)C1=O)c1cccc([N+](=O)[O-])c1. The highest BCUT2D eigenvalue weighted by Gasteiger charge is 2.55. The van der Waals surface area contributed by atoms with Gasteiger partial charge in [0.2, 0.25) is 0 Å². The number of benzene rings is 1. The molecule has 2 fully saturated rings. The van der Waals surface area contributed by atoms with E-state index >= 15 is 0 Å². The average Bonchev–Trinajstić information content (AvgIpc) is 2.89. The minimum absolute atomic E-state index is 0.00233. The number of hydrogen-bond acceptors (Lipinski definition) is 6. The van der Waals surface area contributed by atoms with E-state index in [9.17, 15) is 24.5 Å². The molecule has 1 aromatic rings. The quantitative estimate of drug-likeness (QED) is 0.358. The molecule has 1 spiro atoms. The van der Waals surface area contributed by atoms with Gasteiger partial charge in [-0.25, -0.2) is 4.79 Å². The molecule has 2 aliphatic rings. The second-order valence-corrected chi connectivity index (χ2v) is 7.42. The van der Waals surface area contributed by atoms with Crippen molar-refractivity contribution in [1.29, 1.82) is 0 Å². The Morgan fingerprint density at radius 3 is 2.86 bits per heavy atom. The van der Waals surface area contributed by atoms with E-state index in [0.717, 1.165) is 24.2 Å². The molecule has 0 radical (unpaired) electrons. The van der Waals surface area contributed by atoms with Gasteiger partial charge in [0.05, 0.1) is 4.92 Å². The molecular weight excluding hydrogens is 366 g/mol. The molecule has 1 aliphatic heterocycles. The minimum Gasteiger partial charge on any atom is -0.456 e. The number of urea groups is 1. The van der Waals surface area contributed by atoms with Crippen LogP contribution in [0.1, 0.15) is 51.2 Å². The third-order valence-corrected chi connectivity index (χ3v) is 5.65. The van der Waals surface area contributed by atoms with Crippen molar-refractivity contribution in [3.8, 4) is 0 Å². The monoisotopic (exact) mass is 389 g/mol. The van der Waals surface area contributed by atoms with E-state index in [1.165, 1.54) is 18.2 Å². The van der Waals surface area contributed by atoms with Crippen LogP contribution in [0.3, 0.4) is 0 Å². The Hall–Kier alpha value is -2.97. The summed E-state index contributed by atoms with van der Waals surface area (Å²) in [7, 11) is 0. The first kappa shape index (κ1) is 19.8. The summed E-state index contributed by atoms with van der Waals surface area (Å²) in [6.07, 6.45) is 2.51. The predicted octanol–water partition coefficient (Wildman–Crippen LogP) is 2.70. The summed E-state index contributed by atoms with van der Waals surface area (Å²) in [5, 5.41) is 13.7. The van der Waals surface area contributed by atoms with Gasteiger partial charge in [0, 0.05) is 12.1 Å². The molecule has 1 saturated carbocycles. The Morgan fingerprint density at radius 1 is 1.43 bits per heavy atom. The molecule has 3 amide bonds. The molecule has 1 N–H and O–H groups in total. The molecule has 1 heterocycles. The highest BCUT2D eigenvalue weighted by molar-refractivity contribution is 6.09. The number of hydrogen-bond donors (Lipinski definition) is 1. The molecule has 0 aromatic heterocycles. The smallest absolute Gasteiger partial charge is 0.326 e. The maximum Gasteiger partial charge on any atom is 0.326 e. The number of esters is 1. The fourth-order valence-electron chi connectivity index (χ4n) is 3.96. The highest BCUT2D eigenvalue weighted by Crippen LogP contribution is 2.38. The van der Waals surface area contributed by atoms with E-state index < -0.39 is 35.1 Å². The van der Waals surface area contributed by atoms with Gasteiger partial charge >= 0.3 is 12.0 Å². The number of amides is 3. The van der Waals surface area contributed by atoms with Crippen molar-refractivity contribution < 1.29 is 24.0 Å². The van der Waals surface area contributed by atoms with Gasteiger partial charge in [-0.05, 0) is 31.2 Å². The zero-order valence-electron chi connectivity index (χ0n) is 15.8. The number of nitro groups is 1. The van der Waals surface area contributed by atoms with Crippen molar-refractivity contribution in [2.75, 3.05) is 6.54 Å². The predicted molar refractivity (Wildman–Crippen MR) is 98.2 cm³/mol. The van der Waals surface area contributed by atoms with Crippen LogP contribution in [0.4, 0.5) is 10.5 Å². The Kier molecular flexibility index (Phi) is 5.35. The Balaban J connectivity index is 1.66. The number of rotatable bonds is 5. The van der Waals surface area contributed by atoms with Crippen LogP contribution in [0.2, 0.25) is 0 Å². The van der Waals surface area contributed by atoms with E-state index in [-0.39, 0.29) is 17.5 Å². The number of carbonyl (C=O) groups excluding carboxylic acids is 3. The second kappa shape index (κ2) is 7.57. The van der Waals surface area contributed by atoms with Crippen LogP contribution in [0.5, 0.6) is 0 Å². The first-order chi connectivity index (χ1) is 13.2. The van der Waals surface area contributed by atoms with Crippen molar-refractivity contribution in [3.05, 3.63) is 39.9 Å². The minimum atomic E-state index is -0.929. The van der Waals surface area contributed by atoms with Crippen molar-refractivity contribution in [2.45, 2.75) is 51.2 Å². The fraction of sp³-hybridized carbons (Fsp3) is 0.526. The molecule has 3 atom stereocenters. The molecule has 1 saturated heterocycles. The molecule has 1 aromatic carbocycles. The summed E-state index contributed by atoms with van der Waals surface area (Å²) in [5.74, 6) is -1.13. The van der Waals surface area contributed by atoms with Crippen molar-refractivity contribution in [1.82, 2.24) is 10.2 Å². The van der Waals surface area contributed by atoms with Gasteiger partial charge in [-0.1, -0.05) is 31.9 Å². The summed E-state index contributed by atoms with van der Waals surface area (Å²) >= 11 is 0. The molecule has 1 aliphatic carbocycles. The first-order valence-electron chi connectivity index (χ1n) is 9.32. The topological polar surface area (TPSA) is 119 Å². The number of ether oxygens (including phenoxy) is 1. The Morgan fingerprint density at radius 2 is 2.18 bits per heavy atom. The summed E-state index contributed by atoms with van der Waals surface area (Å²) in [4.78, 5) is 48.8. The lowest BCUT2D eigenvalue weighted by Gasteiger charge is -2.36. The fourth-order valence-corrected chi connectivity index (χ4v) is 3.96. The third-order valence-electron chi connectivity index (χ3n) is 5.65. The van der Waals surface area contributed by atoms with Crippen LogP contribution in [0.25, 0.3) is 0 Å². The van der Waals surface area contributed by atoms with Crippen LogP contribution in [-0.2, 0) is 14.3 Å². The Labute approximate surface area is 162 Å². The van der Waals surface area contributed by atoms with Crippen LogP contribution in [0.15, 0.2) is 24.3 Å². The van der Waals surface area contributed by atoms with E-state index in [1.54, 1.807) is 13.0 Å². The van der Waals surface area contributed by atoms with Crippen molar-refractivity contribution in [2.24, 2.45) is 5.92 Å². The molecule has 9 nitrogen and oxygen atoms in total. The molecule has 3 rings (SSSR count). The van der Waals surface area contributed by atoms with Crippen molar-refractivity contribution in [3.63, 3.8) is 0 Å². The van der Waals surface area contributed by atoms with Crippen LogP contribution < -0.4 is 5.32 Å². The van der Waals surface area contributed by atoms with E-state index in [2.05, 4.69) is 5.32 Å². The summed E-state index contributed by atoms with van der Waals surface area (Å²) in [6, 6.07) is 5.19. The maximum absolute atomic E-state index is 12.9. The molecule has 0 bridgehead atoms. The van der Waals surface area contributed by atoms with Crippen LogP contribution >= 0.6 is 0 Å². The lowest BCUT2D eigenvalue weighted by Crippen LogP contribution is -2.54. The van der Waals surface area contributed by atoms with E-state index in [0.29, 0.717) is 12.0 Å². The largest absolute Gasteiger partial charge is 0.456 e. The molecule has 28 heavy (non-hydrogen) atoms. The van der Waals surface area contributed by atoms with Gasteiger partial charge in [0.25, 0.3) is 11.6 Å². The lowest BCUT2D eigenvalue weighted by atomic mass is 9.73. The highest BCUT2D eigenvalue weighted by atomic mass is 16.6.